The molecule has 0 aliphatic rings. The van der Waals surface area contributed by atoms with E-state index in [4.69, 9.17) is 5.73 Å². The lowest BCUT2D eigenvalue weighted by Crippen LogP contribution is -2.13. The first kappa shape index (κ1) is 15.9. The van der Waals surface area contributed by atoms with E-state index in [1.54, 1.807) is 48.2 Å². The summed E-state index contributed by atoms with van der Waals surface area (Å²) >= 11 is 1.56. The third-order valence-electron chi connectivity index (χ3n) is 3.04. The van der Waals surface area contributed by atoms with Crippen LogP contribution in [0.4, 0.5) is 5.69 Å². The number of sulfonamides is 1. The average molecular weight is 322 g/mol. The third kappa shape index (κ3) is 4.00. The highest BCUT2D eigenvalue weighted by atomic mass is 32.2. The summed E-state index contributed by atoms with van der Waals surface area (Å²) < 4.78 is 27.3. The molecule has 0 saturated carbocycles. The summed E-state index contributed by atoms with van der Waals surface area (Å²) in [6.07, 6.45) is 1.94. The summed E-state index contributed by atoms with van der Waals surface area (Å²) in [7, 11) is -3.58. The fourth-order valence-corrected chi connectivity index (χ4v) is 3.36. The number of benzene rings is 2. The minimum Gasteiger partial charge on any atom is -0.324 e. The summed E-state index contributed by atoms with van der Waals surface area (Å²) in [5.41, 5.74) is 7.22. The molecule has 2 rings (SSSR count). The minimum atomic E-state index is -3.58. The van der Waals surface area contributed by atoms with Crippen molar-refractivity contribution in [1.29, 1.82) is 0 Å². The number of hydrogen-bond acceptors (Lipinski definition) is 4. The fourth-order valence-electron chi connectivity index (χ4n) is 1.85. The van der Waals surface area contributed by atoms with Crippen LogP contribution in [0.3, 0.4) is 0 Å². The zero-order chi connectivity index (χ0) is 15.5. The van der Waals surface area contributed by atoms with E-state index < -0.39 is 10.0 Å². The van der Waals surface area contributed by atoms with Crippen LogP contribution < -0.4 is 10.5 Å². The molecule has 0 spiro atoms. The number of nitrogens with one attached hydrogen (secondary N) is 1. The molecule has 1 unspecified atom stereocenters. The zero-order valence-electron chi connectivity index (χ0n) is 11.9. The first-order valence-electron chi connectivity index (χ1n) is 6.45. The minimum absolute atomic E-state index is 0.118. The molecule has 0 bridgehead atoms. The van der Waals surface area contributed by atoms with Gasteiger partial charge in [-0.1, -0.05) is 18.2 Å². The van der Waals surface area contributed by atoms with Crippen molar-refractivity contribution in [3.05, 3.63) is 54.1 Å². The van der Waals surface area contributed by atoms with Gasteiger partial charge >= 0.3 is 0 Å². The summed E-state index contributed by atoms with van der Waals surface area (Å²) in [6.45, 7) is 1.86. The van der Waals surface area contributed by atoms with Gasteiger partial charge in [-0.3, -0.25) is 4.72 Å². The number of anilines is 1. The summed E-state index contributed by atoms with van der Waals surface area (Å²) in [5, 5.41) is 0. The van der Waals surface area contributed by atoms with Crippen molar-refractivity contribution in [3.8, 4) is 0 Å². The topological polar surface area (TPSA) is 72.2 Å². The van der Waals surface area contributed by atoms with Crippen LogP contribution in [0.2, 0.25) is 0 Å². The van der Waals surface area contributed by atoms with E-state index >= 15 is 0 Å². The van der Waals surface area contributed by atoms with Crippen LogP contribution in [0.5, 0.6) is 0 Å². The number of rotatable bonds is 5. The lowest BCUT2D eigenvalue weighted by molar-refractivity contribution is 0.601. The number of hydrogen-bond donors (Lipinski definition) is 2. The quantitative estimate of drug-likeness (QED) is 0.829. The van der Waals surface area contributed by atoms with Gasteiger partial charge in [-0.05, 0) is 49.1 Å². The van der Waals surface area contributed by atoms with Crippen LogP contribution in [0, 0.1) is 0 Å². The Labute approximate surface area is 129 Å². The van der Waals surface area contributed by atoms with Crippen LogP contribution in [-0.2, 0) is 10.0 Å². The van der Waals surface area contributed by atoms with Gasteiger partial charge in [0.05, 0.1) is 4.90 Å². The molecule has 0 aliphatic heterocycles. The first-order valence-corrected chi connectivity index (χ1v) is 9.15. The molecular formula is C15H18N2O2S2. The smallest absolute Gasteiger partial charge is 0.261 e. The highest BCUT2D eigenvalue weighted by Crippen LogP contribution is 2.22. The molecule has 6 heteroatoms. The van der Waals surface area contributed by atoms with Gasteiger partial charge in [0.1, 0.15) is 0 Å². The van der Waals surface area contributed by atoms with Gasteiger partial charge in [-0.25, -0.2) is 8.42 Å². The third-order valence-corrected chi connectivity index (χ3v) is 5.16. The van der Waals surface area contributed by atoms with Gasteiger partial charge in [0, 0.05) is 16.6 Å². The molecular weight excluding hydrogens is 304 g/mol. The van der Waals surface area contributed by atoms with E-state index in [0.717, 1.165) is 10.5 Å². The van der Waals surface area contributed by atoms with Crippen LogP contribution in [0.25, 0.3) is 0 Å². The molecule has 0 amide bonds. The van der Waals surface area contributed by atoms with Crippen molar-refractivity contribution in [2.45, 2.75) is 22.8 Å². The highest BCUT2D eigenvalue weighted by molar-refractivity contribution is 7.98. The maximum absolute atomic E-state index is 12.3. The normalized spacial score (nSPS) is 12.9. The molecule has 0 aromatic heterocycles. The van der Waals surface area contributed by atoms with E-state index in [9.17, 15) is 8.42 Å². The Morgan fingerprint density at radius 1 is 1.14 bits per heavy atom. The van der Waals surface area contributed by atoms with Crippen molar-refractivity contribution in [2.24, 2.45) is 5.73 Å². The second-order valence-corrected chi connectivity index (χ2v) is 7.26. The Morgan fingerprint density at radius 3 is 2.38 bits per heavy atom. The second-order valence-electron chi connectivity index (χ2n) is 4.70. The first-order chi connectivity index (χ1) is 9.92. The van der Waals surface area contributed by atoms with E-state index in [2.05, 4.69) is 4.72 Å². The number of nitrogens with two attached hydrogens (primary N) is 1. The Hall–Kier alpha value is -1.50. The molecule has 2 aromatic rings. The predicted molar refractivity (Wildman–Crippen MR) is 88.1 cm³/mol. The lowest BCUT2D eigenvalue weighted by atomic mass is 10.1. The average Bonchev–Trinajstić information content (AvgIpc) is 2.47. The molecule has 4 nitrogen and oxygen atoms in total. The molecule has 0 radical (unpaired) electrons. The molecule has 112 valence electrons. The number of thioether (sulfide) groups is 1. The maximum Gasteiger partial charge on any atom is 0.261 e. The van der Waals surface area contributed by atoms with Gasteiger partial charge in [-0.2, -0.15) is 0 Å². The fraction of sp³-hybridized carbons (Fsp3) is 0.200. The van der Waals surface area contributed by atoms with Gasteiger partial charge in [0.2, 0.25) is 0 Å². The van der Waals surface area contributed by atoms with Gasteiger partial charge in [0.25, 0.3) is 10.0 Å². The molecule has 0 fully saturated rings. The van der Waals surface area contributed by atoms with Gasteiger partial charge < -0.3 is 5.73 Å². The molecule has 0 saturated heterocycles. The Morgan fingerprint density at radius 2 is 1.81 bits per heavy atom. The van der Waals surface area contributed by atoms with Crippen molar-refractivity contribution >= 4 is 27.5 Å². The van der Waals surface area contributed by atoms with Crippen molar-refractivity contribution < 1.29 is 8.42 Å². The van der Waals surface area contributed by atoms with Crippen LogP contribution in [-0.4, -0.2) is 14.7 Å². The SMILES string of the molecule is CSc1cccc(NS(=O)(=O)c2ccc(C(C)N)cc2)c1. The lowest BCUT2D eigenvalue weighted by Gasteiger charge is -2.10. The second kappa shape index (κ2) is 6.51. The molecule has 2 aromatic carbocycles. The standard InChI is InChI=1S/C15H18N2O2S2/c1-11(16)12-6-8-15(9-7-12)21(18,19)17-13-4-3-5-14(10-13)20-2/h3-11,17H,16H2,1-2H3. The van der Waals surface area contributed by atoms with E-state index in [-0.39, 0.29) is 10.9 Å². The maximum atomic E-state index is 12.3. The van der Waals surface area contributed by atoms with Crippen LogP contribution in [0.15, 0.2) is 58.3 Å². The molecule has 21 heavy (non-hydrogen) atoms. The summed E-state index contributed by atoms with van der Waals surface area (Å²) in [5.74, 6) is 0. The highest BCUT2D eigenvalue weighted by Gasteiger charge is 2.14. The zero-order valence-corrected chi connectivity index (χ0v) is 13.5. The van der Waals surface area contributed by atoms with E-state index in [1.807, 2.05) is 25.3 Å². The summed E-state index contributed by atoms with van der Waals surface area (Å²) in [4.78, 5) is 1.23. The molecule has 1 atom stereocenters. The largest absolute Gasteiger partial charge is 0.324 e. The van der Waals surface area contributed by atoms with Gasteiger partial charge in [0.15, 0.2) is 0 Å². The van der Waals surface area contributed by atoms with Crippen molar-refractivity contribution in [3.63, 3.8) is 0 Å². The van der Waals surface area contributed by atoms with Crippen LogP contribution >= 0.6 is 11.8 Å². The summed E-state index contributed by atoms with van der Waals surface area (Å²) in [6, 6.07) is 13.8. The monoisotopic (exact) mass is 322 g/mol. The predicted octanol–water partition coefficient (Wildman–Crippen LogP) is 3.23. The van der Waals surface area contributed by atoms with Crippen LogP contribution in [0.1, 0.15) is 18.5 Å². The molecule has 0 heterocycles. The molecule has 3 N–H and O–H groups in total. The van der Waals surface area contributed by atoms with Crippen molar-refractivity contribution in [2.75, 3.05) is 11.0 Å². The van der Waals surface area contributed by atoms with Crippen molar-refractivity contribution in [1.82, 2.24) is 0 Å². The van der Waals surface area contributed by atoms with E-state index in [1.165, 1.54) is 0 Å². The Kier molecular flexibility index (Phi) is 4.92. The Bertz CT molecular complexity index is 711. The van der Waals surface area contributed by atoms with E-state index in [0.29, 0.717) is 5.69 Å². The molecule has 0 aliphatic carbocycles. The van der Waals surface area contributed by atoms with Gasteiger partial charge in [-0.15, -0.1) is 11.8 Å². The Balaban J connectivity index is 2.25.